The van der Waals surface area contributed by atoms with Crippen molar-refractivity contribution in [3.8, 4) is 0 Å². The fourth-order valence-corrected chi connectivity index (χ4v) is 4.03. The number of hydrogen-bond donors (Lipinski definition) is 2. The van der Waals surface area contributed by atoms with E-state index in [1.165, 1.54) is 0 Å². The van der Waals surface area contributed by atoms with Crippen molar-refractivity contribution in [3.05, 3.63) is 77.5 Å². The van der Waals surface area contributed by atoms with E-state index < -0.39 is 23.4 Å². The van der Waals surface area contributed by atoms with Gasteiger partial charge in [0.2, 0.25) is 0 Å². The smallest absolute Gasteiger partial charge is 0.410 e. The number of nitrogens with one attached hydrogen (secondary N) is 2. The summed E-state index contributed by atoms with van der Waals surface area (Å²) in [7, 11) is 0. The van der Waals surface area contributed by atoms with Crippen LogP contribution in [0.15, 0.2) is 60.8 Å². The second-order valence-electron chi connectivity index (χ2n) is 11.9. The van der Waals surface area contributed by atoms with E-state index >= 15 is 0 Å². The highest BCUT2D eigenvalue weighted by atomic mass is 16.6. The highest BCUT2D eigenvalue weighted by Crippen LogP contribution is 2.14. The first-order valence-corrected chi connectivity index (χ1v) is 13.9. The molecule has 0 saturated carbocycles. The summed E-state index contributed by atoms with van der Waals surface area (Å²) in [6, 6.07) is 17.1. The van der Waals surface area contributed by atoms with E-state index in [1.807, 2.05) is 90.1 Å². The van der Waals surface area contributed by atoms with Crippen LogP contribution in [0.1, 0.15) is 69.4 Å². The van der Waals surface area contributed by atoms with E-state index in [1.54, 1.807) is 17.2 Å². The average Bonchev–Trinajstić information content (AvgIpc) is 2.89. The second kappa shape index (κ2) is 14.0. The fourth-order valence-electron chi connectivity index (χ4n) is 4.03. The van der Waals surface area contributed by atoms with Crippen LogP contribution >= 0.6 is 0 Å². The highest BCUT2D eigenvalue weighted by molar-refractivity contribution is 5.97. The third kappa shape index (κ3) is 11.1. The Morgan fingerprint density at radius 2 is 1.51 bits per heavy atom. The van der Waals surface area contributed by atoms with E-state index in [-0.39, 0.29) is 5.91 Å². The molecule has 0 radical (unpaired) electrons. The molecule has 3 amide bonds. The van der Waals surface area contributed by atoms with Crippen LogP contribution in [0.2, 0.25) is 0 Å². The van der Waals surface area contributed by atoms with Gasteiger partial charge in [0.15, 0.2) is 0 Å². The third-order valence-corrected chi connectivity index (χ3v) is 5.94. The van der Waals surface area contributed by atoms with Crippen molar-refractivity contribution >= 4 is 29.0 Å². The van der Waals surface area contributed by atoms with Crippen molar-refractivity contribution in [3.63, 3.8) is 0 Å². The first-order chi connectivity index (χ1) is 19.3. The minimum absolute atomic E-state index is 0.207. The number of nitrogens with zero attached hydrogens (tertiary/aromatic N) is 2. The molecule has 0 unspecified atom stereocenters. The topological polar surface area (TPSA) is 110 Å². The Labute approximate surface area is 242 Å². The van der Waals surface area contributed by atoms with Crippen molar-refractivity contribution < 1.29 is 23.9 Å². The van der Waals surface area contributed by atoms with Crippen molar-refractivity contribution in [2.45, 2.75) is 72.1 Å². The molecule has 0 aliphatic heterocycles. The van der Waals surface area contributed by atoms with Crippen molar-refractivity contribution in [2.24, 2.45) is 0 Å². The molecule has 220 valence electrons. The number of benzene rings is 2. The van der Waals surface area contributed by atoms with E-state index in [0.717, 1.165) is 34.9 Å². The van der Waals surface area contributed by atoms with Crippen molar-refractivity contribution in [1.29, 1.82) is 0 Å². The molecule has 1 heterocycles. The zero-order valence-corrected chi connectivity index (χ0v) is 25.0. The van der Waals surface area contributed by atoms with Gasteiger partial charge in [0.25, 0.3) is 5.91 Å². The third-order valence-electron chi connectivity index (χ3n) is 5.94. The van der Waals surface area contributed by atoms with Gasteiger partial charge in [-0.05, 0) is 89.8 Å². The summed E-state index contributed by atoms with van der Waals surface area (Å²) in [4.78, 5) is 43.4. The number of rotatable bonds is 10. The SMILES string of the molecule is CC(C)(C)OC(=O)NCc1ccc(CCCN(CCNC(=O)c2ccc3ncccc3c2)C(=O)OC(C)(C)C)cc1. The monoisotopic (exact) mass is 562 g/mol. The van der Waals surface area contributed by atoms with Gasteiger partial charge in [-0.15, -0.1) is 0 Å². The summed E-state index contributed by atoms with van der Waals surface area (Å²) in [6.45, 7) is 12.4. The molecule has 41 heavy (non-hydrogen) atoms. The Morgan fingerprint density at radius 3 is 2.20 bits per heavy atom. The number of ether oxygens (including phenoxy) is 2. The van der Waals surface area contributed by atoms with Crippen LogP contribution < -0.4 is 10.6 Å². The summed E-state index contributed by atoms with van der Waals surface area (Å²) in [5.41, 5.74) is 2.29. The van der Waals surface area contributed by atoms with Crippen LogP contribution in [0.4, 0.5) is 9.59 Å². The molecule has 0 aliphatic rings. The summed E-state index contributed by atoms with van der Waals surface area (Å²) in [5.74, 6) is -0.207. The van der Waals surface area contributed by atoms with Gasteiger partial charge in [0.1, 0.15) is 11.2 Å². The van der Waals surface area contributed by atoms with E-state index in [2.05, 4.69) is 15.6 Å². The molecule has 0 fully saturated rings. The molecule has 0 bridgehead atoms. The van der Waals surface area contributed by atoms with Gasteiger partial charge in [-0.1, -0.05) is 30.3 Å². The number of aryl methyl sites for hydroxylation is 1. The average molecular weight is 563 g/mol. The number of aromatic nitrogens is 1. The van der Waals surface area contributed by atoms with Crippen LogP contribution in [0.25, 0.3) is 10.9 Å². The number of fused-ring (bicyclic) bond motifs is 1. The van der Waals surface area contributed by atoms with E-state index in [9.17, 15) is 14.4 Å². The second-order valence-corrected chi connectivity index (χ2v) is 11.9. The standard InChI is InChI=1S/C32H42N4O5/c1-31(2,3)40-29(38)35-22-24-13-11-23(12-14-24)9-8-19-36(30(39)41-32(4,5)6)20-18-34-28(37)26-15-16-27-25(21-26)10-7-17-33-27/h7,10-17,21H,8-9,18-20,22H2,1-6H3,(H,34,37)(H,35,38). The Morgan fingerprint density at radius 1 is 0.829 bits per heavy atom. The van der Waals surface area contributed by atoms with Gasteiger partial charge in [0.05, 0.1) is 5.52 Å². The molecule has 9 heteroatoms. The van der Waals surface area contributed by atoms with Gasteiger partial charge < -0.3 is 25.0 Å². The zero-order chi connectivity index (χ0) is 30.0. The summed E-state index contributed by atoms with van der Waals surface area (Å²) < 4.78 is 10.9. The van der Waals surface area contributed by atoms with Gasteiger partial charge in [-0.2, -0.15) is 0 Å². The van der Waals surface area contributed by atoms with Crippen molar-refractivity contribution in [2.75, 3.05) is 19.6 Å². The van der Waals surface area contributed by atoms with Gasteiger partial charge in [-0.3, -0.25) is 9.78 Å². The quantitative estimate of drug-likeness (QED) is 0.320. The first kappa shape index (κ1) is 31.4. The number of carbonyl (C=O) groups is 3. The van der Waals surface area contributed by atoms with Gasteiger partial charge in [0, 0.05) is 43.3 Å². The maximum Gasteiger partial charge on any atom is 0.410 e. The lowest BCUT2D eigenvalue weighted by molar-refractivity contribution is 0.0248. The zero-order valence-electron chi connectivity index (χ0n) is 25.0. The molecule has 0 aliphatic carbocycles. The number of alkyl carbamates (subject to hydrolysis) is 1. The molecule has 0 spiro atoms. The Hall–Kier alpha value is -4.14. The van der Waals surface area contributed by atoms with E-state index in [4.69, 9.17) is 9.47 Å². The maximum absolute atomic E-state index is 12.9. The predicted octanol–water partition coefficient (Wildman–Crippen LogP) is 5.86. The number of hydrogen-bond acceptors (Lipinski definition) is 6. The summed E-state index contributed by atoms with van der Waals surface area (Å²) in [6.07, 6.45) is 2.34. The van der Waals surface area contributed by atoms with Gasteiger partial charge >= 0.3 is 12.2 Å². The van der Waals surface area contributed by atoms with Crippen LogP contribution in [0, 0.1) is 0 Å². The van der Waals surface area contributed by atoms with Crippen LogP contribution in [0.5, 0.6) is 0 Å². The molecule has 3 aromatic rings. The first-order valence-electron chi connectivity index (χ1n) is 13.9. The minimum Gasteiger partial charge on any atom is -0.444 e. The Balaban J connectivity index is 1.50. The normalized spacial score (nSPS) is 11.6. The Kier molecular flexibility index (Phi) is 10.7. The molecule has 3 rings (SSSR count). The minimum atomic E-state index is -0.624. The lowest BCUT2D eigenvalue weighted by atomic mass is 10.1. The largest absolute Gasteiger partial charge is 0.444 e. The molecule has 0 atom stereocenters. The predicted molar refractivity (Wildman–Crippen MR) is 160 cm³/mol. The fraction of sp³-hybridized carbons (Fsp3) is 0.438. The molecule has 2 aromatic carbocycles. The van der Waals surface area contributed by atoms with Crippen LogP contribution in [-0.2, 0) is 22.4 Å². The summed E-state index contributed by atoms with van der Waals surface area (Å²) >= 11 is 0. The number of carbonyl (C=O) groups excluding carboxylic acids is 3. The Bertz CT molecular complexity index is 1330. The molecular formula is C32H42N4O5. The van der Waals surface area contributed by atoms with Crippen LogP contribution in [-0.4, -0.2) is 58.8 Å². The van der Waals surface area contributed by atoms with Gasteiger partial charge in [-0.25, -0.2) is 9.59 Å². The summed E-state index contributed by atoms with van der Waals surface area (Å²) in [5, 5.41) is 6.56. The molecular weight excluding hydrogens is 520 g/mol. The lowest BCUT2D eigenvalue weighted by Gasteiger charge is -2.27. The number of amides is 3. The molecule has 1 aromatic heterocycles. The van der Waals surface area contributed by atoms with Crippen LogP contribution in [0.3, 0.4) is 0 Å². The highest BCUT2D eigenvalue weighted by Gasteiger charge is 2.22. The molecule has 0 saturated heterocycles. The molecule has 2 N–H and O–H groups in total. The number of pyridine rings is 1. The lowest BCUT2D eigenvalue weighted by Crippen LogP contribution is -2.42. The van der Waals surface area contributed by atoms with Crippen molar-refractivity contribution in [1.82, 2.24) is 20.5 Å². The van der Waals surface area contributed by atoms with E-state index in [0.29, 0.717) is 31.7 Å². The maximum atomic E-state index is 12.9. The molecule has 9 nitrogen and oxygen atoms in total.